The van der Waals surface area contributed by atoms with Crippen molar-refractivity contribution in [3.05, 3.63) is 22.7 Å². The number of halogens is 1. The molecule has 2 rings (SSSR count). The van der Waals surface area contributed by atoms with E-state index in [0.717, 1.165) is 0 Å². The van der Waals surface area contributed by atoms with E-state index in [-0.39, 0.29) is 11.9 Å². The first-order chi connectivity index (χ1) is 9.49. The molecule has 1 atom stereocenters. The average molecular weight is 298 g/mol. The molecule has 1 aromatic carbocycles. The van der Waals surface area contributed by atoms with Gasteiger partial charge in [-0.25, -0.2) is 0 Å². The van der Waals surface area contributed by atoms with Crippen LogP contribution >= 0.6 is 11.6 Å². The van der Waals surface area contributed by atoms with Gasteiger partial charge >= 0.3 is 0 Å². The molecule has 0 aliphatic heterocycles. The zero-order chi connectivity index (χ0) is 14.9. The summed E-state index contributed by atoms with van der Waals surface area (Å²) in [6, 6.07) is 3.54. The summed E-state index contributed by atoms with van der Waals surface area (Å²) in [6.07, 6.45) is 2.40. The van der Waals surface area contributed by atoms with E-state index in [9.17, 15) is 4.79 Å². The lowest BCUT2D eigenvalue weighted by Gasteiger charge is -2.25. The number of hydrogen-bond donors (Lipinski definition) is 0. The number of ether oxygens (including phenoxy) is 2. The second-order valence-corrected chi connectivity index (χ2v) is 5.59. The van der Waals surface area contributed by atoms with Crippen LogP contribution in [-0.4, -0.2) is 38.1 Å². The zero-order valence-corrected chi connectivity index (χ0v) is 13.0. The highest BCUT2D eigenvalue weighted by Gasteiger charge is 2.33. The molecule has 1 unspecified atom stereocenters. The van der Waals surface area contributed by atoms with Crippen molar-refractivity contribution >= 4 is 17.5 Å². The number of methoxy groups -OCH3 is 2. The van der Waals surface area contributed by atoms with Crippen molar-refractivity contribution in [2.24, 2.45) is 5.92 Å². The van der Waals surface area contributed by atoms with Crippen LogP contribution in [0.15, 0.2) is 12.1 Å². The van der Waals surface area contributed by atoms with E-state index < -0.39 is 0 Å². The van der Waals surface area contributed by atoms with Crippen molar-refractivity contribution in [1.29, 1.82) is 0 Å². The number of carbonyl (C=O) groups is 1. The molecule has 4 nitrogen and oxygen atoms in total. The molecule has 1 saturated carbocycles. The first-order valence-corrected chi connectivity index (χ1v) is 7.06. The Morgan fingerprint density at radius 2 is 2.00 bits per heavy atom. The molecule has 0 radical (unpaired) electrons. The Bertz CT molecular complexity index is 514. The van der Waals surface area contributed by atoms with E-state index in [1.807, 2.05) is 7.05 Å². The third-order valence-corrected chi connectivity index (χ3v) is 4.20. The lowest BCUT2D eigenvalue weighted by molar-refractivity contribution is 0.0727. The topological polar surface area (TPSA) is 38.8 Å². The highest BCUT2D eigenvalue weighted by Crippen LogP contribution is 2.38. The normalized spacial score (nSPS) is 15.7. The van der Waals surface area contributed by atoms with Gasteiger partial charge in [-0.1, -0.05) is 11.6 Å². The minimum absolute atomic E-state index is 0.0488. The van der Waals surface area contributed by atoms with Crippen LogP contribution in [0, 0.1) is 5.92 Å². The van der Waals surface area contributed by atoms with Gasteiger partial charge in [0.1, 0.15) is 0 Å². The molecule has 1 fully saturated rings. The van der Waals surface area contributed by atoms with E-state index in [1.165, 1.54) is 27.1 Å². The maximum absolute atomic E-state index is 12.5. The fraction of sp³-hybridized carbons (Fsp3) is 0.533. The van der Waals surface area contributed by atoms with Gasteiger partial charge in [-0.05, 0) is 37.8 Å². The Balaban J connectivity index is 2.27. The lowest BCUT2D eigenvalue weighted by Crippen LogP contribution is -2.36. The molecule has 1 aromatic rings. The van der Waals surface area contributed by atoms with Gasteiger partial charge in [0.2, 0.25) is 0 Å². The number of hydrogen-bond acceptors (Lipinski definition) is 3. The van der Waals surface area contributed by atoms with Crippen molar-refractivity contribution in [2.75, 3.05) is 21.3 Å². The summed E-state index contributed by atoms with van der Waals surface area (Å²) in [5.41, 5.74) is 0.516. The number of nitrogens with zero attached hydrogens (tertiary/aromatic N) is 1. The van der Waals surface area contributed by atoms with E-state index in [1.54, 1.807) is 17.0 Å². The summed E-state index contributed by atoms with van der Waals surface area (Å²) >= 11 is 6.14. The van der Waals surface area contributed by atoms with Gasteiger partial charge < -0.3 is 14.4 Å². The molecule has 1 amide bonds. The molecule has 0 saturated heterocycles. The Morgan fingerprint density at radius 1 is 1.35 bits per heavy atom. The molecule has 110 valence electrons. The molecular weight excluding hydrogens is 278 g/mol. The van der Waals surface area contributed by atoms with Crippen molar-refractivity contribution in [3.63, 3.8) is 0 Å². The van der Waals surface area contributed by atoms with E-state index in [2.05, 4.69) is 6.92 Å². The van der Waals surface area contributed by atoms with Crippen LogP contribution in [0.3, 0.4) is 0 Å². The van der Waals surface area contributed by atoms with E-state index >= 15 is 0 Å². The van der Waals surface area contributed by atoms with Crippen LogP contribution in [0.4, 0.5) is 0 Å². The molecule has 20 heavy (non-hydrogen) atoms. The minimum Gasteiger partial charge on any atom is -0.493 e. The first-order valence-electron chi connectivity index (χ1n) is 6.68. The first kappa shape index (κ1) is 15.0. The summed E-state index contributed by atoms with van der Waals surface area (Å²) in [4.78, 5) is 14.3. The van der Waals surface area contributed by atoms with Crippen LogP contribution in [0.25, 0.3) is 0 Å². The van der Waals surface area contributed by atoms with Crippen LogP contribution in [-0.2, 0) is 0 Å². The fourth-order valence-electron chi connectivity index (χ4n) is 2.32. The van der Waals surface area contributed by atoms with Crippen molar-refractivity contribution in [2.45, 2.75) is 25.8 Å². The Labute approximate surface area is 124 Å². The number of carbonyl (C=O) groups excluding carboxylic acids is 1. The Morgan fingerprint density at radius 3 is 2.50 bits per heavy atom. The van der Waals surface area contributed by atoms with E-state index in [4.69, 9.17) is 21.1 Å². The molecule has 5 heteroatoms. The van der Waals surface area contributed by atoms with Gasteiger partial charge in [-0.2, -0.15) is 0 Å². The van der Waals surface area contributed by atoms with E-state index in [0.29, 0.717) is 28.0 Å². The summed E-state index contributed by atoms with van der Waals surface area (Å²) < 4.78 is 10.4. The molecular formula is C15H20ClNO3. The third kappa shape index (κ3) is 2.85. The number of benzene rings is 1. The predicted octanol–water partition coefficient (Wildman–Crippen LogP) is 3.23. The maximum atomic E-state index is 12.5. The summed E-state index contributed by atoms with van der Waals surface area (Å²) in [5, 5.41) is 0.377. The van der Waals surface area contributed by atoms with Gasteiger partial charge in [0, 0.05) is 18.7 Å². The van der Waals surface area contributed by atoms with Gasteiger partial charge in [0.15, 0.2) is 11.5 Å². The molecule has 0 N–H and O–H groups in total. The molecule has 1 aliphatic rings. The van der Waals surface area contributed by atoms with Crippen molar-refractivity contribution in [3.8, 4) is 11.5 Å². The zero-order valence-electron chi connectivity index (χ0n) is 12.3. The number of rotatable bonds is 5. The SMILES string of the molecule is COc1cc(C(=O)N(C)C(C)C2CC2)cc(Cl)c1OC. The highest BCUT2D eigenvalue weighted by atomic mass is 35.5. The van der Waals surface area contributed by atoms with Crippen LogP contribution in [0.1, 0.15) is 30.1 Å². The lowest BCUT2D eigenvalue weighted by atomic mass is 10.1. The summed E-state index contributed by atoms with van der Waals surface area (Å²) in [5.74, 6) is 1.49. The molecule has 0 spiro atoms. The maximum Gasteiger partial charge on any atom is 0.254 e. The predicted molar refractivity (Wildman–Crippen MR) is 78.8 cm³/mol. The smallest absolute Gasteiger partial charge is 0.254 e. The van der Waals surface area contributed by atoms with Gasteiger partial charge in [0.05, 0.1) is 19.2 Å². The molecule has 0 heterocycles. The largest absolute Gasteiger partial charge is 0.493 e. The van der Waals surface area contributed by atoms with Crippen molar-refractivity contribution < 1.29 is 14.3 Å². The number of amides is 1. The van der Waals surface area contributed by atoms with Crippen LogP contribution in [0.2, 0.25) is 5.02 Å². The minimum atomic E-state index is -0.0488. The standard InChI is InChI=1S/C15H20ClNO3/c1-9(10-5-6-10)17(2)15(18)11-7-12(16)14(20-4)13(8-11)19-3/h7-10H,5-6H2,1-4H3. The third-order valence-electron chi connectivity index (χ3n) is 3.92. The Kier molecular flexibility index (Phi) is 4.43. The second-order valence-electron chi connectivity index (χ2n) is 5.19. The van der Waals surface area contributed by atoms with Crippen LogP contribution < -0.4 is 9.47 Å². The Hall–Kier alpha value is -1.42. The molecule has 0 bridgehead atoms. The van der Waals surface area contributed by atoms with Gasteiger partial charge in [-0.15, -0.1) is 0 Å². The monoisotopic (exact) mass is 297 g/mol. The molecule has 0 aromatic heterocycles. The molecule has 1 aliphatic carbocycles. The summed E-state index contributed by atoms with van der Waals surface area (Å²) in [7, 11) is 4.88. The highest BCUT2D eigenvalue weighted by molar-refractivity contribution is 6.32. The van der Waals surface area contributed by atoms with Gasteiger partial charge in [-0.3, -0.25) is 4.79 Å². The van der Waals surface area contributed by atoms with Crippen LogP contribution in [0.5, 0.6) is 11.5 Å². The second kappa shape index (κ2) is 5.92. The van der Waals surface area contributed by atoms with Crippen molar-refractivity contribution in [1.82, 2.24) is 4.90 Å². The average Bonchev–Trinajstić information content (AvgIpc) is 3.28. The van der Waals surface area contributed by atoms with Gasteiger partial charge in [0.25, 0.3) is 5.91 Å². The summed E-state index contributed by atoms with van der Waals surface area (Å²) in [6.45, 7) is 2.08. The quantitative estimate of drug-likeness (QED) is 0.837. The fourth-order valence-corrected chi connectivity index (χ4v) is 2.61.